The minimum absolute atomic E-state index is 0.610. The zero-order valence-electron chi connectivity index (χ0n) is 19.1. The molecule has 0 bridgehead atoms. The van der Waals surface area contributed by atoms with E-state index in [1.54, 1.807) is 11.3 Å². The Morgan fingerprint density at radius 1 is 1.06 bits per heavy atom. The first-order valence-electron chi connectivity index (χ1n) is 11.4. The predicted octanol–water partition coefficient (Wildman–Crippen LogP) is 5.83. The van der Waals surface area contributed by atoms with Crippen molar-refractivity contribution in [2.45, 2.75) is 19.6 Å². The van der Waals surface area contributed by atoms with Crippen molar-refractivity contribution in [3.63, 3.8) is 0 Å². The third-order valence-corrected chi connectivity index (χ3v) is 8.21. The van der Waals surface area contributed by atoms with Gasteiger partial charge in [0.15, 0.2) is 0 Å². The molecule has 1 N–H and O–H groups in total. The molecule has 0 atom stereocenters. The van der Waals surface area contributed by atoms with Crippen LogP contribution in [0.15, 0.2) is 61.1 Å². The van der Waals surface area contributed by atoms with Crippen LogP contribution in [0.2, 0.25) is 5.02 Å². The average molecular weight is 541 g/mol. The molecule has 1 aliphatic rings. The molecular weight excluding hydrogens is 516 g/mol. The van der Waals surface area contributed by atoms with Gasteiger partial charge in [0.1, 0.15) is 9.82 Å². The Kier molecular flexibility index (Phi) is 7.87. The van der Waals surface area contributed by atoms with E-state index >= 15 is 0 Å². The van der Waals surface area contributed by atoms with Crippen molar-refractivity contribution in [1.29, 1.82) is 0 Å². The van der Waals surface area contributed by atoms with Crippen molar-refractivity contribution in [2.24, 2.45) is 0 Å². The second-order valence-electron chi connectivity index (χ2n) is 8.48. The standard InChI is InChI=1S/C26H25ClN4OS3/c27-20-3-1-18(2-4-20)14-29-25(34)23-17-31(15-19-5-7-28-8-6-19)26-22(24(23)33)13-21(35-26)16-30-9-11-32-12-10-30/h1-8,13,17H,9-12,14-16H2,(H,29,34). The molecule has 1 fully saturated rings. The number of benzene rings is 1. The molecule has 0 unspecified atom stereocenters. The predicted molar refractivity (Wildman–Crippen MR) is 150 cm³/mol. The molecular formula is C26H25ClN4OS3. The van der Waals surface area contributed by atoms with Gasteiger partial charge in [-0.3, -0.25) is 9.88 Å². The number of nitrogens with one attached hydrogen (secondary N) is 1. The lowest BCUT2D eigenvalue weighted by molar-refractivity contribution is 0.0346. The number of pyridine rings is 2. The highest BCUT2D eigenvalue weighted by Crippen LogP contribution is 2.30. The Morgan fingerprint density at radius 3 is 2.54 bits per heavy atom. The van der Waals surface area contributed by atoms with Crippen molar-refractivity contribution in [3.8, 4) is 0 Å². The van der Waals surface area contributed by atoms with E-state index in [1.165, 1.54) is 15.3 Å². The minimum Gasteiger partial charge on any atom is -0.379 e. The van der Waals surface area contributed by atoms with Crippen molar-refractivity contribution < 1.29 is 4.74 Å². The van der Waals surface area contributed by atoms with Gasteiger partial charge in [-0.15, -0.1) is 11.3 Å². The number of aromatic nitrogens is 2. The molecule has 1 aliphatic heterocycles. The van der Waals surface area contributed by atoms with Crippen LogP contribution in [0.4, 0.5) is 0 Å². The number of hydrogen-bond acceptors (Lipinski definition) is 6. The molecule has 0 amide bonds. The molecule has 0 spiro atoms. The van der Waals surface area contributed by atoms with E-state index in [2.05, 4.69) is 32.0 Å². The fraction of sp³-hybridized carbons (Fsp3) is 0.269. The van der Waals surface area contributed by atoms with Crippen LogP contribution in [-0.4, -0.2) is 45.7 Å². The smallest absolute Gasteiger partial charge is 0.109 e. The van der Waals surface area contributed by atoms with Gasteiger partial charge >= 0.3 is 0 Å². The van der Waals surface area contributed by atoms with Crippen LogP contribution >= 0.6 is 47.4 Å². The van der Waals surface area contributed by atoms with Crippen LogP contribution < -0.4 is 5.32 Å². The SMILES string of the molecule is S=C(NCc1ccc(Cl)cc1)c1cn(Cc2ccncc2)c2sc(CN3CCOCC3)cc2c1=S. The molecule has 1 aromatic carbocycles. The summed E-state index contributed by atoms with van der Waals surface area (Å²) in [6.45, 7) is 5.72. The lowest BCUT2D eigenvalue weighted by Crippen LogP contribution is -2.35. The summed E-state index contributed by atoms with van der Waals surface area (Å²) in [7, 11) is 0. The Labute approximate surface area is 224 Å². The fourth-order valence-corrected chi connectivity index (χ4v) is 6.10. The van der Waals surface area contributed by atoms with Gasteiger partial charge in [0, 0.05) is 72.2 Å². The van der Waals surface area contributed by atoms with Gasteiger partial charge in [0.25, 0.3) is 0 Å². The minimum atomic E-state index is 0.610. The Morgan fingerprint density at radius 2 is 1.80 bits per heavy atom. The van der Waals surface area contributed by atoms with E-state index in [9.17, 15) is 0 Å². The number of fused-ring (bicyclic) bond motifs is 1. The summed E-state index contributed by atoms with van der Waals surface area (Å²) in [5.41, 5.74) is 3.16. The largest absolute Gasteiger partial charge is 0.379 e. The summed E-state index contributed by atoms with van der Waals surface area (Å²) in [6.07, 6.45) is 5.75. The topological polar surface area (TPSA) is 42.3 Å². The molecule has 4 heterocycles. The van der Waals surface area contributed by atoms with Crippen molar-refractivity contribution >= 4 is 62.6 Å². The van der Waals surface area contributed by atoms with Gasteiger partial charge in [0.2, 0.25) is 0 Å². The highest BCUT2D eigenvalue weighted by atomic mass is 35.5. The Balaban J connectivity index is 1.47. The Bertz CT molecular complexity index is 1380. The summed E-state index contributed by atoms with van der Waals surface area (Å²) in [4.78, 5) is 9.71. The van der Waals surface area contributed by atoms with Gasteiger partial charge in [-0.05, 0) is 41.5 Å². The third-order valence-electron chi connectivity index (χ3n) is 5.99. The van der Waals surface area contributed by atoms with Gasteiger partial charge in [0.05, 0.1) is 17.7 Å². The van der Waals surface area contributed by atoms with E-state index in [1.807, 2.05) is 48.8 Å². The second kappa shape index (κ2) is 11.2. The third kappa shape index (κ3) is 5.97. The van der Waals surface area contributed by atoms with Crippen LogP contribution in [-0.2, 0) is 24.4 Å². The van der Waals surface area contributed by atoms with E-state index in [0.29, 0.717) is 11.5 Å². The van der Waals surface area contributed by atoms with Crippen LogP contribution in [0, 0.1) is 4.51 Å². The number of rotatable bonds is 7. The van der Waals surface area contributed by atoms with Gasteiger partial charge in [-0.2, -0.15) is 0 Å². The average Bonchev–Trinajstić information content (AvgIpc) is 3.31. The summed E-state index contributed by atoms with van der Waals surface area (Å²) in [5, 5.41) is 5.18. The molecule has 180 valence electrons. The molecule has 0 saturated carbocycles. The van der Waals surface area contributed by atoms with Gasteiger partial charge in [-0.1, -0.05) is 48.2 Å². The zero-order valence-corrected chi connectivity index (χ0v) is 22.3. The molecule has 4 aromatic rings. The van der Waals surface area contributed by atoms with Gasteiger partial charge in [-0.25, -0.2) is 0 Å². The Hall–Kier alpha value is -2.20. The van der Waals surface area contributed by atoms with E-state index in [4.69, 9.17) is 40.8 Å². The first-order chi connectivity index (χ1) is 17.1. The summed E-state index contributed by atoms with van der Waals surface area (Å²) in [6, 6.07) is 14.1. The molecule has 5 nitrogen and oxygen atoms in total. The highest BCUT2D eigenvalue weighted by molar-refractivity contribution is 7.80. The van der Waals surface area contributed by atoms with Crippen molar-refractivity contribution in [2.75, 3.05) is 26.3 Å². The van der Waals surface area contributed by atoms with Crippen LogP contribution in [0.25, 0.3) is 10.2 Å². The molecule has 0 aliphatic carbocycles. The van der Waals surface area contributed by atoms with Crippen LogP contribution in [0.1, 0.15) is 21.6 Å². The lowest BCUT2D eigenvalue weighted by Gasteiger charge is -2.25. The maximum absolute atomic E-state index is 6.02. The summed E-state index contributed by atoms with van der Waals surface area (Å²) in [5.74, 6) is 0. The summed E-state index contributed by atoms with van der Waals surface area (Å²) < 4.78 is 8.57. The number of halogens is 1. The number of thiocarbonyl (C=S) groups is 1. The normalized spacial score (nSPS) is 14.3. The number of ether oxygens (including phenoxy) is 1. The molecule has 9 heteroatoms. The van der Waals surface area contributed by atoms with E-state index in [0.717, 1.165) is 65.4 Å². The zero-order chi connectivity index (χ0) is 24.2. The molecule has 3 aromatic heterocycles. The fourth-order valence-electron chi connectivity index (χ4n) is 4.13. The highest BCUT2D eigenvalue weighted by Gasteiger charge is 2.17. The maximum Gasteiger partial charge on any atom is 0.109 e. The number of thiophene rings is 1. The first kappa shape index (κ1) is 24.5. The molecule has 35 heavy (non-hydrogen) atoms. The lowest BCUT2D eigenvalue weighted by atomic mass is 10.2. The quantitative estimate of drug-likeness (QED) is 0.298. The van der Waals surface area contributed by atoms with E-state index in [-0.39, 0.29) is 0 Å². The molecule has 0 radical (unpaired) electrons. The van der Waals surface area contributed by atoms with Crippen LogP contribution in [0.3, 0.4) is 0 Å². The maximum atomic E-state index is 6.02. The van der Waals surface area contributed by atoms with Gasteiger partial charge < -0.3 is 14.6 Å². The number of morpholine rings is 1. The monoisotopic (exact) mass is 540 g/mol. The van der Waals surface area contributed by atoms with E-state index < -0.39 is 0 Å². The number of nitrogens with zero attached hydrogens (tertiary/aromatic N) is 3. The summed E-state index contributed by atoms with van der Waals surface area (Å²) >= 11 is 19.6. The van der Waals surface area contributed by atoms with Crippen LogP contribution in [0.5, 0.6) is 0 Å². The molecule has 1 saturated heterocycles. The molecule has 5 rings (SSSR count). The number of hydrogen-bond donors (Lipinski definition) is 1. The second-order valence-corrected chi connectivity index (χ2v) is 10.9. The van der Waals surface area contributed by atoms with Crippen molar-refractivity contribution in [3.05, 3.63) is 92.2 Å². The first-order valence-corrected chi connectivity index (χ1v) is 13.5. The van der Waals surface area contributed by atoms with Crippen molar-refractivity contribution in [1.82, 2.24) is 19.8 Å².